The van der Waals surface area contributed by atoms with Crippen molar-refractivity contribution in [3.8, 4) is 0 Å². The van der Waals surface area contributed by atoms with Gasteiger partial charge in [0.1, 0.15) is 17.3 Å². The Labute approximate surface area is 145 Å². The number of nitrogens with zero attached hydrogens (tertiary/aromatic N) is 1. The average molecular weight is 347 g/mol. The van der Waals surface area contributed by atoms with Gasteiger partial charge in [-0.2, -0.15) is 0 Å². The number of ether oxygens (including phenoxy) is 1. The second-order valence-electron chi connectivity index (χ2n) is 5.93. The summed E-state index contributed by atoms with van der Waals surface area (Å²) in [5.41, 5.74) is 0.150. The lowest BCUT2D eigenvalue weighted by molar-refractivity contribution is 0.0122. The highest BCUT2D eigenvalue weighted by Crippen LogP contribution is 2.23. The van der Waals surface area contributed by atoms with Crippen molar-refractivity contribution in [2.45, 2.75) is 13.0 Å². The summed E-state index contributed by atoms with van der Waals surface area (Å²) in [5, 5.41) is 5.33. The summed E-state index contributed by atoms with van der Waals surface area (Å²) in [6.45, 7) is 5.07. The molecule has 0 bridgehead atoms. The topological polar surface area (TPSA) is 66.7 Å². The van der Waals surface area contributed by atoms with E-state index in [1.165, 1.54) is 12.1 Å². The third-order valence-corrected chi connectivity index (χ3v) is 4.15. The number of hydrogen-bond donors (Lipinski definition) is 2. The first-order valence-corrected chi connectivity index (χ1v) is 8.31. The smallest absolute Gasteiger partial charge is 0.319 e. The van der Waals surface area contributed by atoms with Gasteiger partial charge in [-0.1, -0.05) is 12.1 Å². The van der Waals surface area contributed by atoms with Crippen LogP contribution in [0.4, 0.5) is 14.9 Å². The number of rotatable bonds is 5. The van der Waals surface area contributed by atoms with Crippen LogP contribution >= 0.6 is 0 Å². The first-order chi connectivity index (χ1) is 12.1. The van der Waals surface area contributed by atoms with Gasteiger partial charge in [-0.3, -0.25) is 4.90 Å². The van der Waals surface area contributed by atoms with Gasteiger partial charge in [-0.15, -0.1) is 0 Å². The lowest BCUT2D eigenvalue weighted by Crippen LogP contribution is -2.44. The number of hydrogen-bond acceptors (Lipinski definition) is 4. The van der Waals surface area contributed by atoms with Crippen LogP contribution in [0.1, 0.15) is 17.6 Å². The van der Waals surface area contributed by atoms with E-state index in [0.29, 0.717) is 19.8 Å². The Kier molecular flexibility index (Phi) is 5.67. The number of halogens is 1. The normalized spacial score (nSPS) is 16.4. The highest BCUT2D eigenvalue weighted by Gasteiger charge is 2.25. The maximum Gasteiger partial charge on any atom is 0.319 e. The summed E-state index contributed by atoms with van der Waals surface area (Å²) in [6, 6.07) is 9.35. The number of morpholine rings is 1. The maximum atomic E-state index is 13.6. The molecule has 3 rings (SSSR count). The highest BCUT2D eigenvalue weighted by atomic mass is 19.1. The van der Waals surface area contributed by atoms with Gasteiger partial charge < -0.3 is 19.8 Å². The number of nitrogens with one attached hydrogen (secondary N) is 2. The number of aryl methyl sites for hydroxylation is 1. The van der Waals surface area contributed by atoms with Crippen LogP contribution in [0.15, 0.2) is 40.8 Å². The molecular weight excluding hydrogens is 325 g/mol. The van der Waals surface area contributed by atoms with E-state index in [0.717, 1.165) is 24.6 Å². The zero-order chi connectivity index (χ0) is 17.6. The summed E-state index contributed by atoms with van der Waals surface area (Å²) in [4.78, 5) is 14.3. The van der Waals surface area contributed by atoms with E-state index in [1.54, 1.807) is 12.1 Å². The molecule has 1 aliphatic rings. The molecule has 1 fully saturated rings. The molecule has 7 heteroatoms. The monoisotopic (exact) mass is 347 g/mol. The predicted octanol–water partition coefficient (Wildman–Crippen LogP) is 2.92. The van der Waals surface area contributed by atoms with Crippen molar-refractivity contribution in [1.29, 1.82) is 0 Å². The Bertz CT molecular complexity index is 713. The fourth-order valence-electron chi connectivity index (χ4n) is 2.85. The number of carbonyl (C=O) groups excluding carboxylic acids is 1. The standard InChI is InChI=1S/C18H22FN3O3/c1-13-6-7-17(25-13)16(22-8-10-24-11-9-22)12-20-18(23)21-15-5-3-2-4-14(15)19/h2-7,16H,8-12H2,1H3,(H2,20,21,23). The molecule has 0 aliphatic carbocycles. The minimum Gasteiger partial charge on any atom is -0.465 e. The summed E-state index contributed by atoms with van der Waals surface area (Å²) < 4.78 is 24.8. The number of para-hydroxylation sites is 1. The van der Waals surface area contributed by atoms with Crippen molar-refractivity contribution in [2.75, 3.05) is 38.2 Å². The van der Waals surface area contributed by atoms with Gasteiger partial charge in [0.2, 0.25) is 0 Å². The first kappa shape index (κ1) is 17.4. The highest BCUT2D eigenvalue weighted by molar-refractivity contribution is 5.89. The molecule has 2 N–H and O–H groups in total. The SMILES string of the molecule is Cc1ccc(C(CNC(=O)Nc2ccccc2F)N2CCOCC2)o1. The number of furan rings is 1. The van der Waals surface area contributed by atoms with E-state index in [9.17, 15) is 9.18 Å². The molecule has 1 aromatic carbocycles. The molecule has 1 aliphatic heterocycles. The van der Waals surface area contributed by atoms with Crippen LogP contribution in [0.3, 0.4) is 0 Å². The Morgan fingerprint density at radius 1 is 1.24 bits per heavy atom. The lowest BCUT2D eigenvalue weighted by Gasteiger charge is -2.33. The third kappa shape index (κ3) is 4.58. The van der Waals surface area contributed by atoms with Crippen molar-refractivity contribution in [1.82, 2.24) is 10.2 Å². The minimum absolute atomic E-state index is 0.0935. The van der Waals surface area contributed by atoms with Gasteiger partial charge >= 0.3 is 6.03 Å². The number of carbonyl (C=O) groups is 1. The Balaban J connectivity index is 1.63. The van der Waals surface area contributed by atoms with Crippen LogP contribution in [0, 0.1) is 12.7 Å². The zero-order valence-corrected chi connectivity index (χ0v) is 14.1. The van der Waals surface area contributed by atoms with Crippen LogP contribution in [-0.4, -0.2) is 43.8 Å². The molecule has 1 unspecified atom stereocenters. The molecule has 0 saturated carbocycles. The molecule has 0 spiro atoms. The molecule has 1 aromatic heterocycles. The van der Waals surface area contributed by atoms with Crippen molar-refractivity contribution < 1.29 is 18.3 Å². The molecule has 6 nitrogen and oxygen atoms in total. The molecule has 1 atom stereocenters. The van der Waals surface area contributed by atoms with Gasteiger partial charge in [0.05, 0.1) is 24.9 Å². The quantitative estimate of drug-likeness (QED) is 0.873. The fourth-order valence-corrected chi connectivity index (χ4v) is 2.85. The van der Waals surface area contributed by atoms with Gasteiger partial charge in [-0.25, -0.2) is 9.18 Å². The molecular formula is C18H22FN3O3. The third-order valence-electron chi connectivity index (χ3n) is 4.15. The number of urea groups is 1. The molecule has 2 aromatic rings. The van der Waals surface area contributed by atoms with Crippen LogP contribution in [-0.2, 0) is 4.74 Å². The second-order valence-corrected chi connectivity index (χ2v) is 5.93. The van der Waals surface area contributed by atoms with Crippen molar-refractivity contribution in [2.24, 2.45) is 0 Å². The summed E-state index contributed by atoms with van der Waals surface area (Å²) in [7, 11) is 0. The van der Waals surface area contributed by atoms with Crippen LogP contribution in [0.2, 0.25) is 0 Å². The predicted molar refractivity (Wildman–Crippen MR) is 92.0 cm³/mol. The van der Waals surface area contributed by atoms with E-state index in [-0.39, 0.29) is 11.7 Å². The van der Waals surface area contributed by atoms with Crippen molar-refractivity contribution in [3.05, 3.63) is 53.7 Å². The Hall–Kier alpha value is -2.38. The summed E-state index contributed by atoms with van der Waals surface area (Å²) in [6.07, 6.45) is 0. The van der Waals surface area contributed by atoms with Gasteiger partial charge in [0, 0.05) is 19.6 Å². The molecule has 134 valence electrons. The largest absolute Gasteiger partial charge is 0.465 e. The molecule has 1 saturated heterocycles. The molecule has 0 radical (unpaired) electrons. The van der Waals surface area contributed by atoms with Crippen LogP contribution in [0.5, 0.6) is 0 Å². The Morgan fingerprint density at radius 3 is 2.68 bits per heavy atom. The number of anilines is 1. The van der Waals surface area contributed by atoms with Crippen LogP contribution in [0.25, 0.3) is 0 Å². The van der Waals surface area contributed by atoms with E-state index in [4.69, 9.17) is 9.15 Å². The Morgan fingerprint density at radius 2 is 2.00 bits per heavy atom. The van der Waals surface area contributed by atoms with E-state index < -0.39 is 11.8 Å². The second kappa shape index (κ2) is 8.13. The van der Waals surface area contributed by atoms with Crippen molar-refractivity contribution >= 4 is 11.7 Å². The van der Waals surface area contributed by atoms with E-state index >= 15 is 0 Å². The maximum absolute atomic E-state index is 13.6. The average Bonchev–Trinajstić information content (AvgIpc) is 3.04. The molecule has 2 heterocycles. The minimum atomic E-state index is -0.468. The van der Waals surface area contributed by atoms with Gasteiger partial charge in [0.25, 0.3) is 0 Å². The van der Waals surface area contributed by atoms with Gasteiger partial charge in [0.15, 0.2) is 0 Å². The first-order valence-electron chi connectivity index (χ1n) is 8.31. The fraction of sp³-hybridized carbons (Fsp3) is 0.389. The summed E-state index contributed by atoms with van der Waals surface area (Å²) in [5.74, 6) is 1.15. The lowest BCUT2D eigenvalue weighted by atomic mass is 10.1. The van der Waals surface area contributed by atoms with E-state index in [2.05, 4.69) is 15.5 Å². The van der Waals surface area contributed by atoms with Crippen molar-refractivity contribution in [3.63, 3.8) is 0 Å². The molecule has 2 amide bonds. The van der Waals surface area contributed by atoms with E-state index in [1.807, 2.05) is 19.1 Å². The zero-order valence-electron chi connectivity index (χ0n) is 14.1. The van der Waals surface area contributed by atoms with Gasteiger partial charge in [-0.05, 0) is 31.2 Å². The van der Waals surface area contributed by atoms with Crippen LogP contribution < -0.4 is 10.6 Å². The summed E-state index contributed by atoms with van der Waals surface area (Å²) >= 11 is 0. The molecule has 25 heavy (non-hydrogen) atoms. The number of benzene rings is 1. The number of amides is 2.